The van der Waals surface area contributed by atoms with Crippen molar-refractivity contribution in [3.63, 3.8) is 0 Å². The van der Waals surface area contributed by atoms with Gasteiger partial charge in [0.05, 0.1) is 31.2 Å². The van der Waals surface area contributed by atoms with E-state index in [4.69, 9.17) is 18.9 Å². The lowest BCUT2D eigenvalue weighted by molar-refractivity contribution is 0.104. The minimum Gasteiger partial charge on any atom is -0.503 e. The number of H-pyrrole nitrogens is 2. The number of nitrogens with one attached hydrogen (secondary N) is 3. The number of benzene rings is 2. The molecule has 91 heavy (non-hydrogen) atoms. The summed E-state index contributed by atoms with van der Waals surface area (Å²) in [6.07, 6.45) is 61.0. The molecule has 2 heterocycles. The van der Waals surface area contributed by atoms with Crippen molar-refractivity contribution in [2.24, 2.45) is 0 Å². The van der Waals surface area contributed by atoms with Crippen molar-refractivity contribution in [2.45, 2.75) is 350 Å². The molecule has 3 N–H and O–H groups in total. The van der Waals surface area contributed by atoms with E-state index >= 15 is 0 Å². The van der Waals surface area contributed by atoms with E-state index < -0.39 is 13.3 Å². The first-order valence-corrected chi connectivity index (χ1v) is 38.3. The van der Waals surface area contributed by atoms with E-state index in [-0.39, 0.29) is 5.76 Å². The number of aryl methyl sites for hydroxylation is 1. The maximum absolute atomic E-state index is 14.2. The van der Waals surface area contributed by atoms with Crippen molar-refractivity contribution >= 4 is 24.7 Å². The zero-order valence-corrected chi connectivity index (χ0v) is 59.3. The third kappa shape index (κ3) is 32.8. The van der Waals surface area contributed by atoms with Gasteiger partial charge in [-0.3, -0.25) is 4.79 Å². The summed E-state index contributed by atoms with van der Waals surface area (Å²) in [6.45, 7) is 17.5. The molecule has 2 aromatic heterocycles. The zero-order chi connectivity index (χ0) is 65.2. The zero-order valence-electron chi connectivity index (χ0n) is 59.3. The summed E-state index contributed by atoms with van der Waals surface area (Å²) in [6, 6.07) is 12.7. The van der Waals surface area contributed by atoms with Crippen LogP contribution in [0.1, 0.15) is 362 Å². The molecule has 0 saturated heterocycles. The third-order valence-electron chi connectivity index (χ3n) is 18.7. The van der Waals surface area contributed by atoms with E-state index in [0.29, 0.717) is 57.0 Å². The van der Waals surface area contributed by atoms with Crippen LogP contribution in [-0.4, -0.2) is 43.0 Å². The number of unbranched alkanes of at least 4 members (excludes halogenated alkanes) is 39. The van der Waals surface area contributed by atoms with Crippen molar-refractivity contribution in [1.29, 1.82) is 0 Å². The highest BCUT2D eigenvalue weighted by Gasteiger charge is 2.27. The first kappa shape index (κ1) is 78.8. The number of rotatable bonds is 61. The number of halogens is 2. The lowest BCUT2D eigenvalue weighted by Gasteiger charge is -2.20. The van der Waals surface area contributed by atoms with Gasteiger partial charge >= 0.3 is 7.47 Å². The van der Waals surface area contributed by atoms with Crippen molar-refractivity contribution < 1.29 is 32.3 Å². The molecule has 514 valence electrons. The van der Waals surface area contributed by atoms with Gasteiger partial charge in [-0.1, -0.05) is 323 Å². The topological polar surface area (TPSA) is 97.6 Å². The number of hydrogen-bond acceptors (Lipinski definition) is 6. The Balaban J connectivity index is 1.47. The van der Waals surface area contributed by atoms with E-state index in [1.165, 1.54) is 237 Å². The Bertz CT molecular complexity index is 2410. The standard InChI is InChI=1S/C80H132BF2N3O5/c1-8-15-18-21-24-27-30-33-36-39-42-45-48-51-58-88-75-61-69(84-64-66-54-56-68(57-55-66)77-71(13-6)72(14-7)78(86-77)73(87)63-74(91-81(82)83)79-70(12-5)67(11-4)65-85-79)62-76(89-59-52-49-46-43-40-37-34-31-28-25-22-19-16-9-2)80(75)90-60-53-50-47-44-41-38-35-32-29-26-23-20-17-10-3/h54-57,61-63,65,84-86H,8-53,58-60,64H2,1-7H3/b74-63-. The molecule has 0 atom stereocenters. The Kier molecular flexibility index (Phi) is 44.8. The summed E-state index contributed by atoms with van der Waals surface area (Å²) in [5.41, 5.74) is 8.46. The Hall–Kier alpha value is -4.67. The quantitative estimate of drug-likeness (QED) is 0.0134. The van der Waals surface area contributed by atoms with Crippen molar-refractivity contribution in [1.82, 2.24) is 9.97 Å². The van der Waals surface area contributed by atoms with E-state index in [9.17, 15) is 13.4 Å². The van der Waals surface area contributed by atoms with Gasteiger partial charge in [0.15, 0.2) is 11.5 Å². The van der Waals surface area contributed by atoms with Crippen molar-refractivity contribution in [3.8, 4) is 28.5 Å². The second kappa shape index (κ2) is 51.7. The predicted octanol–water partition coefficient (Wildman–Crippen LogP) is 25.6. The number of anilines is 1. The number of carbonyl (C=O) groups is 1. The summed E-state index contributed by atoms with van der Waals surface area (Å²) in [7, 11) is -3.08. The Labute approximate surface area is 556 Å². The molecular formula is C80H132BF2N3O5. The molecule has 4 rings (SSSR count). The molecule has 0 aliphatic rings. The van der Waals surface area contributed by atoms with Gasteiger partial charge in [0.2, 0.25) is 11.5 Å². The molecule has 0 fully saturated rings. The molecule has 2 aromatic carbocycles. The summed E-state index contributed by atoms with van der Waals surface area (Å²) < 4.78 is 53.1. The number of carbonyl (C=O) groups excluding carboxylic acids is 1. The average Bonchev–Trinajstić information content (AvgIpc) is 1.72. The average molecular weight is 1260 g/mol. The highest BCUT2D eigenvalue weighted by molar-refractivity contribution is 6.36. The molecule has 0 radical (unpaired) electrons. The van der Waals surface area contributed by atoms with E-state index in [0.717, 1.165) is 107 Å². The highest BCUT2D eigenvalue weighted by Crippen LogP contribution is 2.42. The fraction of sp³-hybridized carbons (Fsp3) is 0.713. The molecule has 4 aromatic rings. The van der Waals surface area contributed by atoms with Gasteiger partial charge in [-0.05, 0) is 78.3 Å². The number of ether oxygens (including phenoxy) is 3. The SMILES string of the molecule is CCCCCCCCCCCCCCCCOc1cc(NCc2ccc(-c3[nH]c(C(=O)/C=C(\OB(F)F)c4[nH]cc(CC)c4CC)c(CC)c3CC)cc2)cc(OCCCCCCCCCCCCCCCC)c1OCCCCCCCCCCCCCCCC. The molecule has 0 aliphatic heterocycles. The fourth-order valence-corrected chi connectivity index (χ4v) is 13.2. The number of hydrogen-bond donors (Lipinski definition) is 3. The van der Waals surface area contributed by atoms with Crippen LogP contribution in [-0.2, 0) is 36.9 Å². The number of allylic oxidation sites excluding steroid dienone is 1. The van der Waals surface area contributed by atoms with Crippen LogP contribution in [0.15, 0.2) is 48.7 Å². The van der Waals surface area contributed by atoms with E-state index in [2.05, 4.69) is 79.4 Å². The smallest absolute Gasteiger partial charge is 0.503 e. The van der Waals surface area contributed by atoms with Gasteiger partial charge in [-0.2, -0.15) is 0 Å². The van der Waals surface area contributed by atoms with Crippen LogP contribution in [0.2, 0.25) is 0 Å². The maximum atomic E-state index is 14.2. The van der Waals surface area contributed by atoms with Crippen LogP contribution >= 0.6 is 0 Å². The van der Waals surface area contributed by atoms with Gasteiger partial charge in [0.1, 0.15) is 5.76 Å². The van der Waals surface area contributed by atoms with Crippen LogP contribution in [0.25, 0.3) is 17.0 Å². The van der Waals surface area contributed by atoms with Gasteiger partial charge < -0.3 is 34.1 Å². The maximum Gasteiger partial charge on any atom is 0.796 e. The predicted molar refractivity (Wildman–Crippen MR) is 387 cm³/mol. The minimum atomic E-state index is -3.08. The minimum absolute atomic E-state index is 0.153. The second-order valence-corrected chi connectivity index (χ2v) is 26.4. The Morgan fingerprint density at radius 1 is 0.451 bits per heavy atom. The van der Waals surface area contributed by atoms with Gasteiger partial charge in [-0.25, -0.2) is 8.63 Å². The Morgan fingerprint density at radius 3 is 1.19 bits per heavy atom. The lowest BCUT2D eigenvalue weighted by atomic mass is 9.98. The molecule has 0 amide bonds. The molecule has 11 heteroatoms. The molecular weight excluding hydrogens is 1130 g/mol. The van der Waals surface area contributed by atoms with Crippen LogP contribution in [0.4, 0.5) is 14.3 Å². The van der Waals surface area contributed by atoms with Crippen LogP contribution in [0.5, 0.6) is 17.2 Å². The van der Waals surface area contributed by atoms with Crippen molar-refractivity contribution in [2.75, 3.05) is 25.1 Å². The summed E-state index contributed by atoms with van der Waals surface area (Å²) >= 11 is 0. The molecule has 0 aliphatic carbocycles. The summed E-state index contributed by atoms with van der Waals surface area (Å²) in [5.74, 6) is 1.68. The Morgan fingerprint density at radius 2 is 0.824 bits per heavy atom. The molecule has 8 nitrogen and oxygen atoms in total. The third-order valence-corrected chi connectivity index (χ3v) is 18.7. The lowest BCUT2D eigenvalue weighted by Crippen LogP contribution is -2.09. The van der Waals surface area contributed by atoms with Gasteiger partial charge in [-0.15, -0.1) is 0 Å². The first-order chi connectivity index (χ1) is 44.7. The van der Waals surface area contributed by atoms with Crippen LogP contribution in [0, 0.1) is 0 Å². The van der Waals surface area contributed by atoms with Gasteiger partial charge in [0.25, 0.3) is 0 Å². The van der Waals surface area contributed by atoms with Crippen LogP contribution in [0.3, 0.4) is 0 Å². The highest BCUT2D eigenvalue weighted by atomic mass is 19.2. The molecule has 0 bridgehead atoms. The van der Waals surface area contributed by atoms with Gasteiger partial charge in [0, 0.05) is 42.3 Å². The summed E-state index contributed by atoms with van der Waals surface area (Å²) in [5, 5.41) is 3.73. The first-order valence-electron chi connectivity index (χ1n) is 38.3. The van der Waals surface area contributed by atoms with E-state index in [1.807, 2.05) is 27.0 Å². The number of ketones is 1. The molecule has 0 spiro atoms. The monoisotopic (exact) mass is 1260 g/mol. The second-order valence-electron chi connectivity index (χ2n) is 26.4. The van der Waals surface area contributed by atoms with Crippen molar-refractivity contribution in [3.05, 3.63) is 87.9 Å². The molecule has 0 unspecified atom stereocenters. The largest absolute Gasteiger partial charge is 0.796 e. The summed E-state index contributed by atoms with van der Waals surface area (Å²) in [4.78, 5) is 20.7. The fourth-order valence-electron chi connectivity index (χ4n) is 13.2. The van der Waals surface area contributed by atoms with E-state index in [1.54, 1.807) is 0 Å². The number of aromatic nitrogens is 2. The number of aromatic amines is 2. The van der Waals surface area contributed by atoms with Crippen LogP contribution < -0.4 is 19.5 Å². The normalized spacial score (nSPS) is 11.7. The molecule has 0 saturated carbocycles.